The molecule has 0 aliphatic heterocycles. The molecule has 1 aliphatic rings. The van der Waals surface area contributed by atoms with Gasteiger partial charge in [-0.1, -0.05) is 20.8 Å². The molecule has 2 amide bonds. The van der Waals surface area contributed by atoms with Crippen molar-refractivity contribution in [1.82, 2.24) is 10.2 Å². The van der Waals surface area contributed by atoms with E-state index in [-0.39, 0.29) is 12.1 Å². The maximum Gasteiger partial charge on any atom is 0.326 e. The smallest absolute Gasteiger partial charge is 0.326 e. The van der Waals surface area contributed by atoms with Gasteiger partial charge in [-0.05, 0) is 30.4 Å². The number of carboxylic acid groups (broad SMARTS) is 1. The van der Waals surface area contributed by atoms with Gasteiger partial charge >= 0.3 is 12.0 Å². The van der Waals surface area contributed by atoms with Gasteiger partial charge in [0.15, 0.2) is 0 Å². The number of hydrogen-bond donors (Lipinski definition) is 2. The van der Waals surface area contributed by atoms with Crippen LogP contribution in [0.15, 0.2) is 22.8 Å². The third-order valence-electron chi connectivity index (χ3n) is 3.54. The van der Waals surface area contributed by atoms with Crippen LogP contribution in [0.25, 0.3) is 0 Å². The molecule has 21 heavy (non-hydrogen) atoms. The maximum absolute atomic E-state index is 12.4. The summed E-state index contributed by atoms with van der Waals surface area (Å²) in [5, 5.41) is 11.9. The summed E-state index contributed by atoms with van der Waals surface area (Å²) in [7, 11) is 0. The van der Waals surface area contributed by atoms with Gasteiger partial charge in [0.2, 0.25) is 0 Å². The molecule has 1 heterocycles. The predicted octanol–water partition coefficient (Wildman–Crippen LogP) is 2.45. The molecule has 2 N–H and O–H groups in total. The van der Waals surface area contributed by atoms with Crippen molar-refractivity contribution in [3.05, 3.63) is 24.2 Å². The first-order chi connectivity index (χ1) is 9.79. The molecule has 0 aromatic carbocycles. The van der Waals surface area contributed by atoms with Gasteiger partial charge in [0.1, 0.15) is 11.8 Å². The molecule has 0 unspecified atom stereocenters. The normalized spacial score (nSPS) is 16.3. The van der Waals surface area contributed by atoms with E-state index in [0.717, 1.165) is 12.8 Å². The SMILES string of the molecule is CC(C)(C)[C@H](NC(=O)N(Cc1ccco1)C1CC1)C(=O)O. The van der Waals surface area contributed by atoms with Crippen molar-refractivity contribution >= 4 is 12.0 Å². The van der Waals surface area contributed by atoms with E-state index in [1.165, 1.54) is 0 Å². The predicted molar refractivity (Wildman–Crippen MR) is 76.7 cm³/mol. The Morgan fingerprint density at radius 2 is 2.14 bits per heavy atom. The Morgan fingerprint density at radius 3 is 2.57 bits per heavy atom. The number of carbonyl (C=O) groups is 2. The first-order valence-corrected chi connectivity index (χ1v) is 7.11. The molecular formula is C15H22N2O4. The summed E-state index contributed by atoms with van der Waals surface area (Å²) in [4.78, 5) is 25.4. The highest BCUT2D eigenvalue weighted by atomic mass is 16.4. The minimum atomic E-state index is -1.02. The molecular weight excluding hydrogens is 272 g/mol. The zero-order chi connectivity index (χ0) is 15.6. The Bertz CT molecular complexity index is 500. The van der Waals surface area contributed by atoms with Crippen LogP contribution in [0.1, 0.15) is 39.4 Å². The molecule has 1 atom stereocenters. The van der Waals surface area contributed by atoms with Gasteiger partial charge < -0.3 is 19.7 Å². The van der Waals surface area contributed by atoms with E-state index in [0.29, 0.717) is 12.3 Å². The summed E-state index contributed by atoms with van der Waals surface area (Å²) < 4.78 is 5.27. The second-order valence-corrected chi connectivity index (χ2v) is 6.53. The van der Waals surface area contributed by atoms with Crippen LogP contribution in [0.5, 0.6) is 0 Å². The fourth-order valence-corrected chi connectivity index (χ4v) is 2.18. The third-order valence-corrected chi connectivity index (χ3v) is 3.54. The van der Waals surface area contributed by atoms with Crippen molar-refractivity contribution in [2.24, 2.45) is 5.41 Å². The summed E-state index contributed by atoms with van der Waals surface area (Å²) in [6.45, 7) is 5.74. The van der Waals surface area contributed by atoms with E-state index in [1.807, 2.05) is 0 Å². The minimum Gasteiger partial charge on any atom is -0.480 e. The Morgan fingerprint density at radius 1 is 1.48 bits per heavy atom. The van der Waals surface area contributed by atoms with Gasteiger partial charge in [0.05, 0.1) is 12.8 Å². The van der Waals surface area contributed by atoms with E-state index in [9.17, 15) is 14.7 Å². The van der Waals surface area contributed by atoms with Crippen LogP contribution in [-0.4, -0.2) is 34.1 Å². The van der Waals surface area contributed by atoms with Crippen LogP contribution in [0.4, 0.5) is 4.79 Å². The molecule has 1 aromatic heterocycles. The van der Waals surface area contributed by atoms with E-state index in [4.69, 9.17) is 4.42 Å². The van der Waals surface area contributed by atoms with Gasteiger partial charge in [-0.2, -0.15) is 0 Å². The van der Waals surface area contributed by atoms with Crippen molar-refractivity contribution in [3.8, 4) is 0 Å². The first-order valence-electron chi connectivity index (χ1n) is 7.11. The van der Waals surface area contributed by atoms with Crippen LogP contribution in [0, 0.1) is 5.41 Å². The lowest BCUT2D eigenvalue weighted by Gasteiger charge is -2.31. The molecule has 0 saturated heterocycles. The number of urea groups is 1. The van der Waals surface area contributed by atoms with Gasteiger partial charge in [-0.25, -0.2) is 9.59 Å². The number of furan rings is 1. The van der Waals surface area contributed by atoms with Crippen LogP contribution >= 0.6 is 0 Å². The van der Waals surface area contributed by atoms with Gasteiger partial charge in [-0.3, -0.25) is 0 Å². The monoisotopic (exact) mass is 294 g/mol. The van der Waals surface area contributed by atoms with Gasteiger partial charge in [0.25, 0.3) is 0 Å². The number of carboxylic acids is 1. The molecule has 1 saturated carbocycles. The lowest BCUT2D eigenvalue weighted by atomic mass is 9.87. The van der Waals surface area contributed by atoms with Crippen LogP contribution < -0.4 is 5.32 Å². The van der Waals surface area contributed by atoms with E-state index >= 15 is 0 Å². The Labute approximate surface area is 124 Å². The second kappa shape index (κ2) is 5.79. The molecule has 116 valence electrons. The molecule has 0 spiro atoms. The Kier molecular flexibility index (Phi) is 4.25. The Balaban J connectivity index is 2.06. The van der Waals surface area contributed by atoms with Crippen molar-refractivity contribution in [1.29, 1.82) is 0 Å². The summed E-state index contributed by atoms with van der Waals surface area (Å²) in [6, 6.07) is 2.47. The molecule has 1 fully saturated rings. The molecule has 6 nitrogen and oxygen atoms in total. The summed E-state index contributed by atoms with van der Waals surface area (Å²) in [6.07, 6.45) is 3.45. The highest BCUT2D eigenvalue weighted by Gasteiger charge is 2.38. The van der Waals surface area contributed by atoms with Crippen molar-refractivity contribution < 1.29 is 19.1 Å². The summed E-state index contributed by atoms with van der Waals surface area (Å²) in [5.74, 6) is -0.329. The number of nitrogens with zero attached hydrogens (tertiary/aromatic N) is 1. The highest BCUT2D eigenvalue weighted by Crippen LogP contribution is 2.29. The van der Waals surface area contributed by atoms with Crippen molar-refractivity contribution in [2.45, 2.75) is 52.2 Å². The highest BCUT2D eigenvalue weighted by molar-refractivity contribution is 5.83. The van der Waals surface area contributed by atoms with Gasteiger partial charge in [-0.15, -0.1) is 0 Å². The fourth-order valence-electron chi connectivity index (χ4n) is 2.18. The summed E-state index contributed by atoms with van der Waals surface area (Å²) in [5.41, 5.74) is -0.554. The average molecular weight is 294 g/mol. The van der Waals surface area contributed by atoms with Crippen molar-refractivity contribution in [3.63, 3.8) is 0 Å². The Hall–Kier alpha value is -1.98. The van der Waals surface area contributed by atoms with E-state index in [2.05, 4.69) is 5.32 Å². The number of nitrogens with one attached hydrogen (secondary N) is 1. The quantitative estimate of drug-likeness (QED) is 0.873. The molecule has 0 bridgehead atoms. The van der Waals surface area contributed by atoms with Gasteiger partial charge in [0, 0.05) is 6.04 Å². The molecule has 6 heteroatoms. The lowest BCUT2D eigenvalue weighted by molar-refractivity contribution is -0.142. The fraction of sp³-hybridized carbons (Fsp3) is 0.600. The van der Waals surface area contributed by atoms with Crippen LogP contribution in [0.3, 0.4) is 0 Å². The largest absolute Gasteiger partial charge is 0.480 e. The first kappa shape index (κ1) is 15.4. The number of aliphatic carboxylic acids is 1. The second-order valence-electron chi connectivity index (χ2n) is 6.53. The summed E-state index contributed by atoms with van der Waals surface area (Å²) >= 11 is 0. The minimum absolute atomic E-state index is 0.171. The van der Waals surface area contributed by atoms with Crippen LogP contribution in [-0.2, 0) is 11.3 Å². The topological polar surface area (TPSA) is 82.8 Å². The third kappa shape index (κ3) is 4.00. The maximum atomic E-state index is 12.4. The average Bonchev–Trinajstić information content (AvgIpc) is 3.08. The zero-order valence-corrected chi connectivity index (χ0v) is 12.6. The van der Waals surface area contributed by atoms with Crippen LogP contribution in [0.2, 0.25) is 0 Å². The lowest BCUT2D eigenvalue weighted by Crippen LogP contribution is -2.53. The number of carbonyl (C=O) groups excluding carboxylic acids is 1. The standard InChI is InChI=1S/C15H22N2O4/c1-15(2,3)12(13(18)19)16-14(20)17(10-6-7-10)9-11-5-4-8-21-11/h4-5,8,10,12H,6-7,9H2,1-3H3,(H,16,20)(H,18,19)/t12-/m1/s1. The molecule has 0 radical (unpaired) electrons. The zero-order valence-electron chi connectivity index (χ0n) is 12.6. The van der Waals surface area contributed by atoms with E-state index < -0.39 is 17.4 Å². The number of amides is 2. The molecule has 1 aliphatic carbocycles. The van der Waals surface area contributed by atoms with Crippen molar-refractivity contribution in [2.75, 3.05) is 0 Å². The number of hydrogen-bond acceptors (Lipinski definition) is 3. The van der Waals surface area contributed by atoms with E-state index in [1.54, 1.807) is 44.1 Å². The molecule has 2 rings (SSSR count). The number of rotatable bonds is 5. The molecule has 1 aromatic rings.